The maximum atomic E-state index is 13.8. The molecule has 27 heavy (non-hydrogen) atoms. The van der Waals surface area contributed by atoms with Crippen LogP contribution >= 0.6 is 11.8 Å². The third-order valence-electron chi connectivity index (χ3n) is 4.88. The fraction of sp³-hybridized carbons (Fsp3) is 0.611. The molecule has 9 heteroatoms. The highest BCUT2D eigenvalue weighted by Gasteiger charge is 2.34. The van der Waals surface area contributed by atoms with E-state index < -0.39 is 23.5 Å². The van der Waals surface area contributed by atoms with Crippen molar-refractivity contribution in [3.05, 3.63) is 35.1 Å². The highest BCUT2D eigenvalue weighted by Crippen LogP contribution is 2.26. The first kappa shape index (κ1) is 20.4. The Kier molecular flexibility index (Phi) is 7.02. The predicted octanol–water partition coefficient (Wildman–Crippen LogP) is 1.60. The first-order valence-corrected chi connectivity index (χ1v) is 10.1. The van der Waals surface area contributed by atoms with Crippen LogP contribution in [-0.4, -0.2) is 72.3 Å². The number of ether oxygens (including phenoxy) is 1. The monoisotopic (exact) mass is 403 g/mol. The molecule has 2 atom stereocenters. The van der Waals surface area contributed by atoms with Crippen molar-refractivity contribution >= 4 is 17.7 Å². The van der Waals surface area contributed by atoms with Crippen molar-refractivity contribution in [3.8, 4) is 0 Å². The van der Waals surface area contributed by atoms with Crippen LogP contribution < -0.4 is 5.73 Å². The van der Waals surface area contributed by atoms with Gasteiger partial charge in [0.25, 0.3) is 0 Å². The van der Waals surface area contributed by atoms with Crippen LogP contribution in [0.25, 0.3) is 0 Å². The Bertz CT molecular complexity index is 673. The number of hydrogen-bond acceptors (Lipinski definition) is 5. The molecular formula is C18H24F3N3O2S. The summed E-state index contributed by atoms with van der Waals surface area (Å²) < 4.78 is 45.4. The summed E-state index contributed by atoms with van der Waals surface area (Å²) in [5, 5.41) is -0.227. The quantitative estimate of drug-likeness (QED) is 0.732. The lowest BCUT2D eigenvalue weighted by molar-refractivity contribution is -0.137. The van der Waals surface area contributed by atoms with E-state index in [1.54, 1.807) is 11.8 Å². The summed E-state index contributed by atoms with van der Waals surface area (Å²) in [6.45, 7) is 3.73. The van der Waals surface area contributed by atoms with Crippen LogP contribution in [0, 0.1) is 17.5 Å². The second-order valence-corrected chi connectivity index (χ2v) is 8.00. The van der Waals surface area contributed by atoms with Gasteiger partial charge in [-0.25, -0.2) is 13.2 Å². The van der Waals surface area contributed by atoms with E-state index in [0.29, 0.717) is 45.3 Å². The second-order valence-electron chi connectivity index (χ2n) is 6.81. The van der Waals surface area contributed by atoms with Crippen molar-refractivity contribution < 1.29 is 22.7 Å². The van der Waals surface area contributed by atoms with Crippen molar-refractivity contribution in [1.82, 2.24) is 9.80 Å². The first-order chi connectivity index (χ1) is 13.0. The number of carbonyl (C=O) groups excluding carboxylic acids is 1. The first-order valence-electron chi connectivity index (χ1n) is 9.07. The molecule has 3 rings (SSSR count). The Morgan fingerprint density at radius 3 is 2.63 bits per heavy atom. The average molecular weight is 403 g/mol. The summed E-state index contributed by atoms with van der Waals surface area (Å²) in [7, 11) is 0. The molecule has 150 valence electrons. The van der Waals surface area contributed by atoms with Gasteiger partial charge >= 0.3 is 0 Å². The van der Waals surface area contributed by atoms with E-state index in [-0.39, 0.29) is 23.3 Å². The molecule has 2 fully saturated rings. The van der Waals surface area contributed by atoms with Gasteiger partial charge in [-0.1, -0.05) is 0 Å². The highest BCUT2D eigenvalue weighted by atomic mass is 32.2. The number of amides is 1. The lowest BCUT2D eigenvalue weighted by Gasteiger charge is -2.32. The smallest absolute Gasteiger partial charge is 0.250 e. The summed E-state index contributed by atoms with van der Waals surface area (Å²) in [5.74, 6) is -2.11. The predicted molar refractivity (Wildman–Crippen MR) is 97.8 cm³/mol. The Morgan fingerprint density at radius 1 is 1.19 bits per heavy atom. The molecule has 2 heterocycles. The minimum absolute atomic E-state index is 0.0677. The molecule has 2 saturated heterocycles. The van der Waals surface area contributed by atoms with E-state index >= 15 is 0 Å². The fourth-order valence-electron chi connectivity index (χ4n) is 3.34. The van der Waals surface area contributed by atoms with Crippen molar-refractivity contribution in [1.29, 1.82) is 0 Å². The van der Waals surface area contributed by atoms with Gasteiger partial charge in [0.05, 0.1) is 13.2 Å². The number of nitrogens with zero attached hydrogens (tertiary/aromatic N) is 2. The lowest BCUT2D eigenvalue weighted by atomic mass is 10.0. The molecule has 0 saturated carbocycles. The zero-order valence-electron chi connectivity index (χ0n) is 15.0. The number of morpholine rings is 1. The molecule has 5 nitrogen and oxygen atoms in total. The zero-order chi connectivity index (χ0) is 19.4. The van der Waals surface area contributed by atoms with Gasteiger partial charge in [0.1, 0.15) is 11.2 Å². The van der Waals surface area contributed by atoms with E-state index in [4.69, 9.17) is 10.5 Å². The number of thioether (sulfide) groups is 1. The van der Waals surface area contributed by atoms with Crippen LogP contribution in [-0.2, 0) is 16.0 Å². The lowest BCUT2D eigenvalue weighted by Crippen LogP contribution is -2.49. The SMILES string of the molecule is N[C@@H](CCN1CCSC1C(=O)N1CCOCC1)Cc1cc(F)c(F)cc1F. The van der Waals surface area contributed by atoms with Gasteiger partial charge in [-0.05, 0) is 24.5 Å². The maximum absolute atomic E-state index is 13.8. The molecule has 2 N–H and O–H groups in total. The number of nitrogens with two attached hydrogens (primary N) is 1. The standard InChI is InChI=1S/C18H24F3N3O2S/c19-14-11-16(21)15(20)10-12(14)9-13(22)1-2-24-5-8-27-18(24)17(25)23-3-6-26-7-4-23/h10-11,13,18H,1-9,22H2/t13-,18?/m0/s1. The maximum Gasteiger partial charge on any atom is 0.250 e. The van der Waals surface area contributed by atoms with E-state index in [1.165, 1.54) is 0 Å². The molecule has 0 radical (unpaired) electrons. The second kappa shape index (κ2) is 9.27. The summed E-state index contributed by atoms with van der Waals surface area (Å²) in [6.07, 6.45) is 0.651. The summed E-state index contributed by atoms with van der Waals surface area (Å²) in [6, 6.07) is 1.00. The van der Waals surface area contributed by atoms with Crippen LogP contribution in [0.1, 0.15) is 12.0 Å². The largest absolute Gasteiger partial charge is 0.378 e. The normalized spacial score (nSPS) is 22.2. The summed E-state index contributed by atoms with van der Waals surface area (Å²) in [4.78, 5) is 16.6. The minimum Gasteiger partial charge on any atom is -0.378 e. The van der Waals surface area contributed by atoms with Crippen molar-refractivity contribution in [2.75, 3.05) is 45.1 Å². The molecule has 0 aromatic heterocycles. The van der Waals surface area contributed by atoms with Gasteiger partial charge in [0, 0.05) is 44.0 Å². The molecule has 0 aliphatic carbocycles. The van der Waals surface area contributed by atoms with E-state index in [9.17, 15) is 18.0 Å². The number of rotatable bonds is 6. The number of carbonyl (C=O) groups is 1. The van der Waals surface area contributed by atoms with Crippen molar-refractivity contribution in [3.63, 3.8) is 0 Å². The minimum atomic E-state index is -1.21. The van der Waals surface area contributed by atoms with E-state index in [1.807, 2.05) is 4.90 Å². The number of hydrogen-bond donors (Lipinski definition) is 1. The van der Waals surface area contributed by atoms with Gasteiger partial charge in [-0.3, -0.25) is 9.69 Å². The van der Waals surface area contributed by atoms with Crippen molar-refractivity contribution in [2.45, 2.75) is 24.3 Å². The van der Waals surface area contributed by atoms with Gasteiger partial charge < -0.3 is 15.4 Å². The fourth-order valence-corrected chi connectivity index (χ4v) is 4.61. The Morgan fingerprint density at radius 2 is 1.89 bits per heavy atom. The zero-order valence-corrected chi connectivity index (χ0v) is 15.8. The molecule has 1 amide bonds. The Hall–Kier alpha value is -1.29. The van der Waals surface area contributed by atoms with Crippen LogP contribution in [0.4, 0.5) is 13.2 Å². The number of halogens is 3. The molecule has 2 aliphatic heterocycles. The molecular weight excluding hydrogens is 379 g/mol. The number of benzene rings is 1. The topological polar surface area (TPSA) is 58.8 Å². The van der Waals surface area contributed by atoms with Crippen molar-refractivity contribution in [2.24, 2.45) is 5.73 Å². The molecule has 1 aromatic rings. The molecule has 1 unspecified atom stereocenters. The Labute approximate surface area is 161 Å². The van der Waals surface area contributed by atoms with Gasteiger partial charge in [-0.2, -0.15) is 0 Å². The average Bonchev–Trinajstić information content (AvgIpc) is 3.13. The molecule has 0 bridgehead atoms. The van der Waals surface area contributed by atoms with Crippen LogP contribution in [0.15, 0.2) is 12.1 Å². The highest BCUT2D eigenvalue weighted by molar-refractivity contribution is 8.00. The summed E-state index contributed by atoms with van der Waals surface area (Å²) in [5.41, 5.74) is 6.14. The molecule has 2 aliphatic rings. The van der Waals surface area contributed by atoms with Crippen LogP contribution in [0.3, 0.4) is 0 Å². The molecule has 1 aromatic carbocycles. The molecule has 0 spiro atoms. The van der Waals surface area contributed by atoms with Gasteiger partial charge in [0.2, 0.25) is 5.91 Å². The third kappa shape index (κ3) is 5.16. The van der Waals surface area contributed by atoms with Crippen LogP contribution in [0.5, 0.6) is 0 Å². The third-order valence-corrected chi connectivity index (χ3v) is 6.11. The van der Waals surface area contributed by atoms with Gasteiger partial charge in [-0.15, -0.1) is 11.8 Å². The van der Waals surface area contributed by atoms with Crippen LogP contribution in [0.2, 0.25) is 0 Å². The van der Waals surface area contributed by atoms with Gasteiger partial charge in [0.15, 0.2) is 11.6 Å². The van der Waals surface area contributed by atoms with E-state index in [2.05, 4.69) is 4.90 Å². The summed E-state index contributed by atoms with van der Waals surface area (Å²) >= 11 is 1.62. The Balaban J connectivity index is 1.52. The van der Waals surface area contributed by atoms with E-state index in [0.717, 1.165) is 18.4 Å².